The molecule has 1 aromatic rings. The van der Waals surface area contributed by atoms with Crippen LogP contribution in [0.5, 0.6) is 5.75 Å². The molecule has 16 heavy (non-hydrogen) atoms. The van der Waals surface area contributed by atoms with Gasteiger partial charge in [0, 0.05) is 24.7 Å². The zero-order chi connectivity index (χ0) is 11.5. The number of hydrogen-bond donors (Lipinski definition) is 1. The fraction of sp³-hybridized carbons (Fsp3) is 0.538. The minimum atomic E-state index is -0.169. The summed E-state index contributed by atoms with van der Waals surface area (Å²) in [5.41, 5.74) is 1.19. The number of methoxy groups -OCH3 is 1. The van der Waals surface area contributed by atoms with Gasteiger partial charge in [0.2, 0.25) is 0 Å². The molecular formula is C13H19NO2. The van der Waals surface area contributed by atoms with Gasteiger partial charge in [0.1, 0.15) is 5.75 Å². The van der Waals surface area contributed by atoms with E-state index in [2.05, 4.69) is 17.9 Å². The number of para-hydroxylation sites is 1. The van der Waals surface area contributed by atoms with Crippen LogP contribution in [0.15, 0.2) is 24.3 Å². The molecule has 0 saturated carbocycles. The second kappa shape index (κ2) is 4.85. The topological polar surface area (TPSA) is 32.7 Å². The standard InChI is InChI=1S/C13H19NO2/c1-10(14-8-7-11(15)9-14)12-5-3-4-6-13(12)16-2/h3-6,10-11,15H,7-9H2,1-2H3. The Balaban J connectivity index is 2.16. The van der Waals surface area contributed by atoms with Crippen LogP contribution in [0.25, 0.3) is 0 Å². The molecule has 1 aliphatic rings. The molecular weight excluding hydrogens is 202 g/mol. The maximum absolute atomic E-state index is 9.55. The van der Waals surface area contributed by atoms with E-state index in [1.165, 1.54) is 5.56 Å². The van der Waals surface area contributed by atoms with Crippen LogP contribution in [0.4, 0.5) is 0 Å². The largest absolute Gasteiger partial charge is 0.496 e. The number of nitrogens with zero attached hydrogens (tertiary/aromatic N) is 1. The van der Waals surface area contributed by atoms with Crippen molar-refractivity contribution in [3.63, 3.8) is 0 Å². The summed E-state index contributed by atoms with van der Waals surface area (Å²) in [6.07, 6.45) is 0.705. The van der Waals surface area contributed by atoms with Crippen molar-refractivity contribution in [3.05, 3.63) is 29.8 Å². The highest BCUT2D eigenvalue weighted by atomic mass is 16.5. The zero-order valence-electron chi connectivity index (χ0n) is 9.89. The van der Waals surface area contributed by atoms with Gasteiger partial charge in [0.05, 0.1) is 13.2 Å². The van der Waals surface area contributed by atoms with Crippen LogP contribution in [0.3, 0.4) is 0 Å². The molecule has 1 saturated heterocycles. The highest BCUT2D eigenvalue weighted by Crippen LogP contribution is 2.30. The van der Waals surface area contributed by atoms with Crippen LogP contribution in [0, 0.1) is 0 Å². The van der Waals surface area contributed by atoms with Crippen LogP contribution >= 0.6 is 0 Å². The third-order valence-corrected chi connectivity index (χ3v) is 3.33. The average molecular weight is 221 g/mol. The Bertz CT molecular complexity index is 354. The fourth-order valence-electron chi connectivity index (χ4n) is 2.33. The first-order valence-electron chi connectivity index (χ1n) is 5.77. The first-order valence-corrected chi connectivity index (χ1v) is 5.77. The van der Waals surface area contributed by atoms with Crippen molar-refractivity contribution in [2.75, 3.05) is 20.2 Å². The molecule has 0 radical (unpaired) electrons. The molecule has 0 spiro atoms. The maximum Gasteiger partial charge on any atom is 0.123 e. The minimum absolute atomic E-state index is 0.169. The summed E-state index contributed by atoms with van der Waals surface area (Å²) in [5.74, 6) is 0.927. The Morgan fingerprint density at radius 1 is 1.44 bits per heavy atom. The Kier molecular flexibility index (Phi) is 3.46. The molecule has 3 heteroatoms. The first kappa shape index (κ1) is 11.4. The molecule has 88 valence electrons. The van der Waals surface area contributed by atoms with Gasteiger partial charge in [-0.3, -0.25) is 4.90 Å². The van der Waals surface area contributed by atoms with Gasteiger partial charge < -0.3 is 9.84 Å². The SMILES string of the molecule is COc1ccccc1C(C)N1CCC(O)C1. The second-order valence-electron chi connectivity index (χ2n) is 4.36. The van der Waals surface area contributed by atoms with Crippen LogP contribution in [-0.4, -0.2) is 36.3 Å². The molecule has 0 amide bonds. The van der Waals surface area contributed by atoms with Crippen LogP contribution in [0.2, 0.25) is 0 Å². The summed E-state index contributed by atoms with van der Waals surface area (Å²) in [6.45, 7) is 3.88. The number of ether oxygens (including phenoxy) is 1. The Hall–Kier alpha value is -1.06. The van der Waals surface area contributed by atoms with Gasteiger partial charge in [-0.05, 0) is 19.4 Å². The summed E-state index contributed by atoms with van der Waals surface area (Å²) in [6, 6.07) is 8.38. The third kappa shape index (κ3) is 2.20. The normalized spacial score (nSPS) is 23.3. The smallest absolute Gasteiger partial charge is 0.123 e. The quantitative estimate of drug-likeness (QED) is 0.845. The molecule has 1 fully saturated rings. The fourth-order valence-corrected chi connectivity index (χ4v) is 2.33. The van der Waals surface area contributed by atoms with E-state index >= 15 is 0 Å². The van der Waals surface area contributed by atoms with Gasteiger partial charge in [-0.15, -0.1) is 0 Å². The molecule has 2 rings (SSSR count). The Morgan fingerprint density at radius 3 is 2.81 bits per heavy atom. The zero-order valence-corrected chi connectivity index (χ0v) is 9.89. The number of rotatable bonds is 3. The average Bonchev–Trinajstić information content (AvgIpc) is 2.75. The molecule has 1 N–H and O–H groups in total. The molecule has 1 heterocycles. The van der Waals surface area contributed by atoms with Crippen molar-refractivity contribution in [1.82, 2.24) is 4.90 Å². The number of β-amino-alcohol motifs (C(OH)–C–C–N with tert-alkyl or cyclic N) is 1. The van der Waals surface area contributed by atoms with Gasteiger partial charge in [0.25, 0.3) is 0 Å². The number of likely N-dealkylation sites (tertiary alicyclic amines) is 1. The van der Waals surface area contributed by atoms with Crippen molar-refractivity contribution in [1.29, 1.82) is 0 Å². The summed E-state index contributed by atoms with van der Waals surface area (Å²) in [5, 5.41) is 9.55. The van der Waals surface area contributed by atoms with Gasteiger partial charge in [-0.2, -0.15) is 0 Å². The van der Waals surface area contributed by atoms with E-state index in [4.69, 9.17) is 4.74 Å². The molecule has 1 aliphatic heterocycles. The van der Waals surface area contributed by atoms with Crippen molar-refractivity contribution < 1.29 is 9.84 Å². The van der Waals surface area contributed by atoms with Crippen molar-refractivity contribution >= 4 is 0 Å². The first-order chi connectivity index (χ1) is 7.72. The molecule has 3 nitrogen and oxygen atoms in total. The highest BCUT2D eigenvalue weighted by molar-refractivity contribution is 5.35. The number of benzene rings is 1. The minimum Gasteiger partial charge on any atom is -0.496 e. The van der Waals surface area contributed by atoms with Gasteiger partial charge in [-0.1, -0.05) is 18.2 Å². The molecule has 2 unspecified atom stereocenters. The second-order valence-corrected chi connectivity index (χ2v) is 4.36. The van der Waals surface area contributed by atoms with E-state index in [9.17, 15) is 5.11 Å². The summed E-state index contributed by atoms with van der Waals surface area (Å²) < 4.78 is 5.36. The molecule has 0 bridgehead atoms. The van der Waals surface area contributed by atoms with E-state index in [0.717, 1.165) is 25.3 Å². The third-order valence-electron chi connectivity index (χ3n) is 3.33. The lowest BCUT2D eigenvalue weighted by Crippen LogP contribution is -2.25. The summed E-state index contributed by atoms with van der Waals surface area (Å²) >= 11 is 0. The van der Waals surface area contributed by atoms with Crippen LogP contribution in [-0.2, 0) is 0 Å². The lowest BCUT2D eigenvalue weighted by Gasteiger charge is -2.25. The van der Waals surface area contributed by atoms with E-state index < -0.39 is 0 Å². The van der Waals surface area contributed by atoms with Crippen molar-refractivity contribution in [2.45, 2.75) is 25.5 Å². The Morgan fingerprint density at radius 2 is 2.19 bits per heavy atom. The van der Waals surface area contributed by atoms with Crippen molar-refractivity contribution in [2.24, 2.45) is 0 Å². The van der Waals surface area contributed by atoms with Gasteiger partial charge >= 0.3 is 0 Å². The monoisotopic (exact) mass is 221 g/mol. The van der Waals surface area contributed by atoms with Crippen LogP contribution in [0.1, 0.15) is 24.9 Å². The molecule has 0 aliphatic carbocycles. The number of aliphatic hydroxyl groups is 1. The summed E-state index contributed by atoms with van der Waals surface area (Å²) in [7, 11) is 1.70. The van der Waals surface area contributed by atoms with Crippen molar-refractivity contribution in [3.8, 4) is 5.75 Å². The van der Waals surface area contributed by atoms with E-state index in [1.54, 1.807) is 7.11 Å². The van der Waals surface area contributed by atoms with E-state index in [0.29, 0.717) is 6.04 Å². The number of hydrogen-bond acceptors (Lipinski definition) is 3. The highest BCUT2D eigenvalue weighted by Gasteiger charge is 2.26. The predicted octanol–water partition coefficient (Wildman–Crippen LogP) is 1.82. The molecule has 2 atom stereocenters. The predicted molar refractivity (Wildman–Crippen MR) is 63.6 cm³/mol. The van der Waals surface area contributed by atoms with Gasteiger partial charge in [0.15, 0.2) is 0 Å². The summed E-state index contributed by atoms with van der Waals surface area (Å²) in [4.78, 5) is 2.29. The van der Waals surface area contributed by atoms with Crippen LogP contribution < -0.4 is 4.74 Å². The Labute approximate surface area is 96.6 Å². The van der Waals surface area contributed by atoms with E-state index in [1.807, 2.05) is 18.2 Å². The molecule has 0 aromatic heterocycles. The maximum atomic E-state index is 9.55. The molecule has 1 aromatic carbocycles. The lowest BCUT2D eigenvalue weighted by atomic mass is 10.1. The lowest BCUT2D eigenvalue weighted by molar-refractivity contribution is 0.162. The van der Waals surface area contributed by atoms with Gasteiger partial charge in [-0.25, -0.2) is 0 Å². The van der Waals surface area contributed by atoms with E-state index in [-0.39, 0.29) is 6.10 Å². The number of aliphatic hydroxyl groups excluding tert-OH is 1.